The summed E-state index contributed by atoms with van der Waals surface area (Å²) < 4.78 is 2.28. The van der Waals surface area contributed by atoms with Crippen LogP contribution in [-0.4, -0.2) is 26.4 Å². The molecule has 2 heterocycles. The molecule has 0 spiro atoms. The second-order valence-corrected chi connectivity index (χ2v) is 10.8. The molecule has 0 saturated heterocycles. The smallest absolute Gasteiger partial charge is 0.234 e. The number of halogens is 1. The number of carbonyl (C=O) groups excluding carboxylic acids is 1. The van der Waals surface area contributed by atoms with Crippen LogP contribution in [0.4, 0.5) is 5.69 Å². The van der Waals surface area contributed by atoms with Gasteiger partial charge in [0, 0.05) is 6.04 Å². The Bertz CT molecular complexity index is 1070. The largest absolute Gasteiger partial charge is 0.324 e. The summed E-state index contributed by atoms with van der Waals surface area (Å²) in [5, 5.41) is 15.4. The predicted molar refractivity (Wildman–Crippen MR) is 128 cm³/mol. The van der Waals surface area contributed by atoms with E-state index in [1.54, 1.807) is 23.5 Å². The first-order valence-corrected chi connectivity index (χ1v) is 13.0. The zero-order valence-corrected chi connectivity index (χ0v) is 19.7. The number of thioether (sulfide) groups is 1. The van der Waals surface area contributed by atoms with Gasteiger partial charge < -0.3 is 5.32 Å². The number of rotatable bonds is 7. The minimum absolute atomic E-state index is 0.0992. The fourth-order valence-corrected chi connectivity index (χ4v) is 6.98. The van der Waals surface area contributed by atoms with E-state index in [0.717, 1.165) is 27.7 Å². The second kappa shape index (κ2) is 8.96. The molecule has 0 aliphatic heterocycles. The van der Waals surface area contributed by atoms with Crippen LogP contribution in [0.25, 0.3) is 10.7 Å². The van der Waals surface area contributed by atoms with Gasteiger partial charge in [-0.3, -0.25) is 9.36 Å². The van der Waals surface area contributed by atoms with Crippen LogP contribution in [0.15, 0.2) is 46.9 Å². The van der Waals surface area contributed by atoms with Gasteiger partial charge in [-0.25, -0.2) is 0 Å². The van der Waals surface area contributed by atoms with E-state index >= 15 is 0 Å². The molecule has 0 radical (unpaired) electrons. The van der Waals surface area contributed by atoms with Crippen LogP contribution < -0.4 is 5.32 Å². The lowest BCUT2D eigenvalue weighted by molar-refractivity contribution is -0.113. The van der Waals surface area contributed by atoms with E-state index < -0.39 is 0 Å². The average molecular weight is 473 g/mol. The lowest BCUT2D eigenvalue weighted by Crippen LogP contribution is -2.23. The number of amides is 1. The number of benzene rings is 1. The molecule has 8 heteroatoms. The maximum atomic E-state index is 12.6. The van der Waals surface area contributed by atoms with Crippen molar-refractivity contribution < 1.29 is 4.79 Å². The molecule has 4 atom stereocenters. The lowest BCUT2D eigenvalue weighted by atomic mass is 9.84. The summed E-state index contributed by atoms with van der Waals surface area (Å²) in [5.41, 5.74) is 0.630. The standard InChI is InChI=1S/C23H25ClN4OS2/c1-14(17-12-15-8-9-16(17)11-15)28-22(20-7-4-10-30-20)26-27-23(28)31-13-21(29)25-19-6-3-2-5-18(19)24/h2-7,10,14-17H,8-9,11-13H2,1H3,(H,25,29)/t14-,15-,16-,17-/m1/s1. The Hall–Kier alpha value is -1.83. The maximum Gasteiger partial charge on any atom is 0.234 e. The fourth-order valence-electron chi connectivity index (χ4n) is 5.27. The van der Waals surface area contributed by atoms with Crippen LogP contribution in [0.5, 0.6) is 0 Å². The lowest BCUT2D eigenvalue weighted by Gasteiger charge is -2.30. The topological polar surface area (TPSA) is 59.8 Å². The summed E-state index contributed by atoms with van der Waals surface area (Å²) >= 11 is 9.29. The van der Waals surface area contributed by atoms with Crippen LogP contribution >= 0.6 is 34.7 Å². The van der Waals surface area contributed by atoms with Gasteiger partial charge in [0.1, 0.15) is 0 Å². The Balaban J connectivity index is 1.36. The molecule has 1 N–H and O–H groups in total. The molecule has 2 bridgehead atoms. The van der Waals surface area contributed by atoms with Crippen molar-refractivity contribution in [1.82, 2.24) is 14.8 Å². The molecule has 2 saturated carbocycles. The SMILES string of the molecule is C[C@H]([C@H]1C[C@@H]2CC[C@@H]1C2)n1c(SCC(=O)Nc2ccccc2Cl)nnc1-c1cccs1. The Morgan fingerprint density at radius 1 is 1.26 bits per heavy atom. The second-order valence-electron chi connectivity index (χ2n) is 8.55. The number of nitrogens with one attached hydrogen (secondary N) is 1. The summed E-state index contributed by atoms with van der Waals surface area (Å²) in [6.07, 6.45) is 5.40. The van der Waals surface area contributed by atoms with Crippen molar-refractivity contribution in [1.29, 1.82) is 0 Å². The zero-order chi connectivity index (χ0) is 21.4. The number of nitrogens with zero attached hydrogens (tertiary/aromatic N) is 3. The van der Waals surface area contributed by atoms with Crippen LogP contribution in [0.1, 0.15) is 38.6 Å². The molecular formula is C23H25ClN4OS2. The van der Waals surface area contributed by atoms with E-state index in [4.69, 9.17) is 11.6 Å². The van der Waals surface area contributed by atoms with Gasteiger partial charge in [0.05, 0.1) is 21.3 Å². The number of aromatic nitrogens is 3. The first kappa shape index (κ1) is 21.0. The molecule has 0 unspecified atom stereocenters. The van der Waals surface area contributed by atoms with Gasteiger partial charge in [0.2, 0.25) is 5.91 Å². The third kappa shape index (κ3) is 4.28. The van der Waals surface area contributed by atoms with Gasteiger partial charge in [-0.15, -0.1) is 21.5 Å². The van der Waals surface area contributed by atoms with Gasteiger partial charge in [0.25, 0.3) is 0 Å². The Labute approximate surface area is 195 Å². The molecule has 1 amide bonds. The van der Waals surface area contributed by atoms with E-state index in [1.807, 2.05) is 18.2 Å². The number of anilines is 1. The molecule has 3 aromatic rings. The highest BCUT2D eigenvalue weighted by Crippen LogP contribution is 2.53. The van der Waals surface area contributed by atoms with Crippen molar-refractivity contribution in [2.24, 2.45) is 17.8 Å². The van der Waals surface area contributed by atoms with E-state index in [1.165, 1.54) is 37.4 Å². The summed E-state index contributed by atoms with van der Waals surface area (Å²) in [4.78, 5) is 13.7. The van der Waals surface area contributed by atoms with Crippen molar-refractivity contribution in [2.75, 3.05) is 11.1 Å². The number of fused-ring (bicyclic) bond motifs is 2. The van der Waals surface area contributed by atoms with Crippen molar-refractivity contribution in [3.63, 3.8) is 0 Å². The van der Waals surface area contributed by atoms with Crippen molar-refractivity contribution in [2.45, 2.75) is 43.8 Å². The van der Waals surface area contributed by atoms with Crippen molar-refractivity contribution >= 4 is 46.3 Å². The van der Waals surface area contributed by atoms with E-state index in [9.17, 15) is 4.79 Å². The summed E-state index contributed by atoms with van der Waals surface area (Å²) in [7, 11) is 0. The monoisotopic (exact) mass is 472 g/mol. The molecule has 1 aromatic carbocycles. The third-order valence-electron chi connectivity index (χ3n) is 6.71. The Morgan fingerprint density at radius 2 is 2.13 bits per heavy atom. The maximum absolute atomic E-state index is 12.6. The minimum Gasteiger partial charge on any atom is -0.324 e. The summed E-state index contributed by atoms with van der Waals surface area (Å²) in [6, 6.07) is 11.7. The summed E-state index contributed by atoms with van der Waals surface area (Å²) in [6.45, 7) is 2.31. The van der Waals surface area contributed by atoms with Gasteiger partial charge in [-0.05, 0) is 67.5 Å². The van der Waals surface area contributed by atoms with Gasteiger partial charge >= 0.3 is 0 Å². The van der Waals surface area contributed by atoms with Crippen LogP contribution in [0.2, 0.25) is 5.02 Å². The predicted octanol–water partition coefficient (Wildman–Crippen LogP) is 6.39. The number of hydrogen-bond acceptors (Lipinski definition) is 5. The zero-order valence-electron chi connectivity index (χ0n) is 17.3. The number of para-hydroxylation sites is 1. The highest BCUT2D eigenvalue weighted by molar-refractivity contribution is 7.99. The number of hydrogen-bond donors (Lipinski definition) is 1. The molecule has 2 aliphatic rings. The van der Waals surface area contributed by atoms with E-state index in [-0.39, 0.29) is 11.7 Å². The van der Waals surface area contributed by atoms with Gasteiger partial charge in [-0.1, -0.05) is 48.0 Å². The highest BCUT2D eigenvalue weighted by Gasteiger charge is 2.43. The molecule has 162 valence electrons. The fraction of sp³-hybridized carbons (Fsp3) is 0.435. The molecule has 2 aromatic heterocycles. The van der Waals surface area contributed by atoms with E-state index in [0.29, 0.717) is 22.7 Å². The van der Waals surface area contributed by atoms with Crippen LogP contribution in [0, 0.1) is 17.8 Å². The van der Waals surface area contributed by atoms with Crippen molar-refractivity contribution in [3.05, 3.63) is 46.8 Å². The molecule has 2 fully saturated rings. The molecule has 5 nitrogen and oxygen atoms in total. The molecular weight excluding hydrogens is 448 g/mol. The molecule has 5 rings (SSSR count). The highest BCUT2D eigenvalue weighted by atomic mass is 35.5. The Kier molecular flexibility index (Phi) is 6.08. The molecule has 2 aliphatic carbocycles. The molecule has 31 heavy (non-hydrogen) atoms. The quantitative estimate of drug-likeness (QED) is 0.405. The first-order chi connectivity index (χ1) is 15.1. The number of carbonyl (C=O) groups is 1. The van der Waals surface area contributed by atoms with Crippen LogP contribution in [0.3, 0.4) is 0 Å². The normalized spacial score (nSPS) is 23.2. The van der Waals surface area contributed by atoms with Gasteiger partial charge in [0.15, 0.2) is 11.0 Å². The number of thiophene rings is 1. The van der Waals surface area contributed by atoms with Crippen molar-refractivity contribution in [3.8, 4) is 10.7 Å². The van der Waals surface area contributed by atoms with E-state index in [2.05, 4.69) is 38.5 Å². The summed E-state index contributed by atoms with van der Waals surface area (Å²) in [5.74, 6) is 3.43. The average Bonchev–Trinajstić information content (AvgIpc) is 3.57. The first-order valence-electron chi connectivity index (χ1n) is 10.8. The van der Waals surface area contributed by atoms with Gasteiger partial charge in [-0.2, -0.15) is 0 Å². The van der Waals surface area contributed by atoms with Crippen LogP contribution in [-0.2, 0) is 4.79 Å². The third-order valence-corrected chi connectivity index (χ3v) is 8.84. The minimum atomic E-state index is -0.0992. The Morgan fingerprint density at radius 3 is 2.84 bits per heavy atom.